The first-order valence-corrected chi connectivity index (χ1v) is 5.47. The summed E-state index contributed by atoms with van der Waals surface area (Å²) in [5.41, 5.74) is 13.6. The monoisotopic (exact) mass is 238 g/mol. The Morgan fingerprint density at radius 2 is 1.56 bits per heavy atom. The summed E-state index contributed by atoms with van der Waals surface area (Å²) >= 11 is 0. The molecule has 1 aliphatic rings. The number of rotatable bonds is 0. The summed E-state index contributed by atoms with van der Waals surface area (Å²) in [7, 11) is 0. The Morgan fingerprint density at radius 3 is 2.33 bits per heavy atom. The predicted molar refractivity (Wildman–Crippen MR) is 68.6 cm³/mol. The van der Waals surface area contributed by atoms with Crippen molar-refractivity contribution in [3.63, 3.8) is 0 Å². The van der Waals surface area contributed by atoms with Gasteiger partial charge in [0, 0.05) is 28.1 Å². The van der Waals surface area contributed by atoms with E-state index >= 15 is 0 Å². The molecule has 4 heteroatoms. The van der Waals surface area contributed by atoms with Crippen molar-refractivity contribution in [3.8, 4) is 0 Å². The van der Waals surface area contributed by atoms with E-state index in [1.54, 1.807) is 30.3 Å². The molecule has 0 saturated heterocycles. The molecular weight excluding hydrogens is 228 g/mol. The third-order valence-corrected chi connectivity index (χ3v) is 3.10. The number of carbonyl (C=O) groups is 2. The molecular formula is C14H10N2O2. The Balaban J connectivity index is 2.35. The van der Waals surface area contributed by atoms with E-state index < -0.39 is 0 Å². The van der Waals surface area contributed by atoms with Gasteiger partial charge in [-0.05, 0) is 24.3 Å². The molecule has 0 aliphatic heterocycles. The lowest BCUT2D eigenvalue weighted by atomic mass is 9.83. The van der Waals surface area contributed by atoms with Crippen molar-refractivity contribution in [1.29, 1.82) is 0 Å². The number of fused-ring (bicyclic) bond motifs is 2. The lowest BCUT2D eigenvalue weighted by Crippen LogP contribution is -2.22. The standard InChI is InChI=1S/C14H10N2O2/c15-7-4-5-8-10(6-7)13(17)9-2-1-3-11(16)12(9)14(8)18/h1-6H,15-16H2. The van der Waals surface area contributed by atoms with Crippen LogP contribution in [0.25, 0.3) is 0 Å². The van der Waals surface area contributed by atoms with Crippen LogP contribution in [-0.2, 0) is 0 Å². The minimum Gasteiger partial charge on any atom is -0.399 e. The van der Waals surface area contributed by atoms with Crippen LogP contribution in [-0.4, -0.2) is 11.6 Å². The third kappa shape index (κ3) is 1.26. The van der Waals surface area contributed by atoms with Crippen molar-refractivity contribution in [1.82, 2.24) is 0 Å². The highest BCUT2D eigenvalue weighted by Gasteiger charge is 2.30. The fourth-order valence-corrected chi connectivity index (χ4v) is 2.24. The van der Waals surface area contributed by atoms with Crippen molar-refractivity contribution in [2.24, 2.45) is 0 Å². The topological polar surface area (TPSA) is 86.2 Å². The maximum atomic E-state index is 12.3. The summed E-state index contributed by atoms with van der Waals surface area (Å²) in [6, 6.07) is 9.59. The molecule has 0 unspecified atom stereocenters. The van der Waals surface area contributed by atoms with E-state index in [0.29, 0.717) is 33.6 Å². The molecule has 0 aromatic heterocycles. The minimum absolute atomic E-state index is 0.209. The van der Waals surface area contributed by atoms with Crippen molar-refractivity contribution in [3.05, 3.63) is 58.7 Å². The molecule has 0 saturated carbocycles. The average Bonchev–Trinajstić information content (AvgIpc) is 2.35. The number of nitrogen functional groups attached to an aromatic ring is 2. The lowest BCUT2D eigenvalue weighted by Gasteiger charge is -2.18. The van der Waals surface area contributed by atoms with Gasteiger partial charge in [0.25, 0.3) is 0 Å². The molecule has 18 heavy (non-hydrogen) atoms. The smallest absolute Gasteiger partial charge is 0.196 e. The molecule has 1 aliphatic carbocycles. The van der Waals surface area contributed by atoms with Gasteiger partial charge in [0.2, 0.25) is 0 Å². The quantitative estimate of drug-likeness (QED) is 0.583. The van der Waals surface area contributed by atoms with Crippen molar-refractivity contribution in [2.75, 3.05) is 11.5 Å². The fourth-order valence-electron chi connectivity index (χ4n) is 2.24. The van der Waals surface area contributed by atoms with Crippen LogP contribution in [0.4, 0.5) is 11.4 Å². The summed E-state index contributed by atoms with van der Waals surface area (Å²) in [5, 5.41) is 0. The number of ketones is 2. The molecule has 0 amide bonds. The number of carbonyl (C=O) groups excluding carboxylic acids is 2. The highest BCUT2D eigenvalue weighted by Crippen LogP contribution is 2.31. The van der Waals surface area contributed by atoms with E-state index in [-0.39, 0.29) is 11.6 Å². The normalized spacial score (nSPS) is 13.1. The van der Waals surface area contributed by atoms with E-state index in [9.17, 15) is 9.59 Å². The summed E-state index contributed by atoms with van der Waals surface area (Å²) < 4.78 is 0. The van der Waals surface area contributed by atoms with Gasteiger partial charge >= 0.3 is 0 Å². The van der Waals surface area contributed by atoms with Gasteiger partial charge in [0.15, 0.2) is 11.6 Å². The molecule has 88 valence electrons. The highest BCUT2D eigenvalue weighted by atomic mass is 16.1. The highest BCUT2D eigenvalue weighted by molar-refractivity contribution is 6.30. The van der Waals surface area contributed by atoms with Gasteiger partial charge in [-0.15, -0.1) is 0 Å². The first kappa shape index (κ1) is 10.5. The average molecular weight is 238 g/mol. The van der Waals surface area contributed by atoms with Crippen LogP contribution in [0.2, 0.25) is 0 Å². The first-order chi connectivity index (χ1) is 8.59. The van der Waals surface area contributed by atoms with Gasteiger partial charge in [-0.3, -0.25) is 9.59 Å². The van der Waals surface area contributed by atoms with Crippen LogP contribution in [0.5, 0.6) is 0 Å². The molecule has 4 nitrogen and oxygen atoms in total. The zero-order valence-electron chi connectivity index (χ0n) is 9.44. The number of anilines is 2. The van der Waals surface area contributed by atoms with E-state index in [1.165, 1.54) is 6.07 Å². The Bertz CT molecular complexity index is 701. The van der Waals surface area contributed by atoms with Crippen LogP contribution in [0.15, 0.2) is 36.4 Å². The summed E-state index contributed by atoms with van der Waals surface area (Å²) in [6.45, 7) is 0. The van der Waals surface area contributed by atoms with Crippen LogP contribution in [0.1, 0.15) is 31.8 Å². The molecule has 0 heterocycles. The molecule has 2 aromatic carbocycles. The number of hydrogen-bond acceptors (Lipinski definition) is 4. The molecule has 0 fully saturated rings. The van der Waals surface area contributed by atoms with Crippen molar-refractivity contribution >= 4 is 22.9 Å². The summed E-state index contributed by atoms with van der Waals surface area (Å²) in [4.78, 5) is 24.6. The van der Waals surface area contributed by atoms with Crippen molar-refractivity contribution < 1.29 is 9.59 Å². The van der Waals surface area contributed by atoms with Gasteiger partial charge in [-0.1, -0.05) is 12.1 Å². The van der Waals surface area contributed by atoms with Gasteiger partial charge in [-0.25, -0.2) is 0 Å². The maximum absolute atomic E-state index is 12.3. The lowest BCUT2D eigenvalue weighted by molar-refractivity contribution is 0.0980. The second-order valence-electron chi connectivity index (χ2n) is 4.23. The van der Waals surface area contributed by atoms with E-state index in [1.807, 2.05) is 0 Å². The fraction of sp³-hybridized carbons (Fsp3) is 0. The molecule has 0 radical (unpaired) electrons. The van der Waals surface area contributed by atoms with Crippen LogP contribution in [0.3, 0.4) is 0 Å². The van der Waals surface area contributed by atoms with E-state index in [0.717, 1.165) is 0 Å². The summed E-state index contributed by atoms with van der Waals surface area (Å²) in [6.07, 6.45) is 0. The molecule has 0 atom stereocenters. The van der Waals surface area contributed by atoms with Gasteiger partial charge in [-0.2, -0.15) is 0 Å². The number of benzene rings is 2. The number of nitrogens with two attached hydrogens (primary N) is 2. The molecule has 0 spiro atoms. The van der Waals surface area contributed by atoms with Crippen LogP contribution >= 0.6 is 0 Å². The van der Waals surface area contributed by atoms with Crippen LogP contribution < -0.4 is 11.5 Å². The zero-order valence-corrected chi connectivity index (χ0v) is 9.44. The first-order valence-electron chi connectivity index (χ1n) is 5.47. The van der Waals surface area contributed by atoms with Crippen molar-refractivity contribution in [2.45, 2.75) is 0 Å². The molecule has 0 bridgehead atoms. The molecule has 2 aromatic rings. The largest absolute Gasteiger partial charge is 0.399 e. The Hall–Kier alpha value is -2.62. The van der Waals surface area contributed by atoms with Crippen LogP contribution in [0, 0.1) is 0 Å². The predicted octanol–water partition coefficient (Wildman–Crippen LogP) is 1.63. The third-order valence-electron chi connectivity index (χ3n) is 3.10. The summed E-state index contributed by atoms with van der Waals surface area (Å²) in [5.74, 6) is -0.433. The van der Waals surface area contributed by atoms with Gasteiger partial charge in [0.05, 0.1) is 5.56 Å². The Morgan fingerprint density at radius 1 is 0.778 bits per heavy atom. The van der Waals surface area contributed by atoms with Gasteiger partial charge in [0.1, 0.15) is 0 Å². The Labute approximate surface area is 103 Å². The molecule has 3 rings (SSSR count). The Kier molecular flexibility index (Phi) is 2.01. The maximum Gasteiger partial charge on any atom is 0.196 e. The zero-order chi connectivity index (χ0) is 12.9. The second-order valence-corrected chi connectivity index (χ2v) is 4.23. The van der Waals surface area contributed by atoms with E-state index in [2.05, 4.69) is 0 Å². The second kappa shape index (κ2) is 3.43. The number of hydrogen-bond donors (Lipinski definition) is 2. The SMILES string of the molecule is Nc1ccc2c(c1)C(=O)c1cccc(N)c1C2=O. The van der Waals surface area contributed by atoms with Gasteiger partial charge < -0.3 is 11.5 Å². The van der Waals surface area contributed by atoms with E-state index in [4.69, 9.17) is 11.5 Å². The molecule has 4 N–H and O–H groups in total. The minimum atomic E-state index is -0.224.